The molecule has 8 heteroatoms. The van der Waals surface area contributed by atoms with Gasteiger partial charge in [0.2, 0.25) is 0 Å². The van der Waals surface area contributed by atoms with Crippen molar-refractivity contribution in [1.82, 2.24) is 19.7 Å². The topological polar surface area (TPSA) is 97.7 Å². The monoisotopic (exact) mass is 292 g/mol. The van der Waals surface area contributed by atoms with E-state index < -0.39 is 11.1 Å². The van der Waals surface area contributed by atoms with E-state index in [0.29, 0.717) is 22.2 Å². The molecule has 0 saturated heterocycles. The molecule has 0 bridgehead atoms. The fraction of sp³-hybridized carbons (Fsp3) is 0.250. The highest BCUT2D eigenvalue weighted by molar-refractivity contribution is 7.99. The van der Waals surface area contributed by atoms with Crippen molar-refractivity contribution in [3.05, 3.63) is 44.7 Å². The van der Waals surface area contributed by atoms with Crippen LogP contribution in [0.1, 0.15) is 23.8 Å². The van der Waals surface area contributed by atoms with Crippen molar-refractivity contribution >= 4 is 17.5 Å². The van der Waals surface area contributed by atoms with Crippen LogP contribution < -0.4 is 11.1 Å². The number of H-pyrrole nitrogens is 1. The van der Waals surface area contributed by atoms with Gasteiger partial charge in [-0.3, -0.25) is 29.1 Å². The SMILES string of the molecule is CCC(=O)c1ccc(Sc2nc(=O)c(=O)[nH]n2C)cn1. The zero-order valence-corrected chi connectivity index (χ0v) is 11.7. The Hall–Kier alpha value is -2.22. The number of aryl methyl sites for hydroxylation is 1. The van der Waals surface area contributed by atoms with Crippen LogP contribution in [0.15, 0.2) is 38.0 Å². The van der Waals surface area contributed by atoms with Gasteiger partial charge in [0.25, 0.3) is 0 Å². The van der Waals surface area contributed by atoms with Gasteiger partial charge >= 0.3 is 11.1 Å². The third kappa shape index (κ3) is 3.02. The van der Waals surface area contributed by atoms with E-state index in [1.165, 1.54) is 22.6 Å². The molecular weight excluding hydrogens is 280 g/mol. The van der Waals surface area contributed by atoms with Gasteiger partial charge in [0.1, 0.15) is 5.69 Å². The van der Waals surface area contributed by atoms with Crippen LogP contribution in [0.4, 0.5) is 0 Å². The van der Waals surface area contributed by atoms with E-state index >= 15 is 0 Å². The fourth-order valence-electron chi connectivity index (χ4n) is 1.44. The first-order valence-electron chi connectivity index (χ1n) is 5.85. The quantitative estimate of drug-likeness (QED) is 0.655. The fourth-order valence-corrected chi connectivity index (χ4v) is 2.21. The summed E-state index contributed by atoms with van der Waals surface area (Å²) in [7, 11) is 1.58. The molecule has 2 rings (SSSR count). The third-order valence-electron chi connectivity index (χ3n) is 2.50. The maximum atomic E-state index is 11.5. The van der Waals surface area contributed by atoms with Crippen LogP contribution in [0.2, 0.25) is 0 Å². The number of pyridine rings is 1. The second-order valence-corrected chi connectivity index (χ2v) is 5.00. The number of hydrogen-bond donors (Lipinski definition) is 1. The third-order valence-corrected chi connectivity index (χ3v) is 3.52. The molecular formula is C12H12N4O3S. The lowest BCUT2D eigenvalue weighted by atomic mass is 10.2. The van der Waals surface area contributed by atoms with Crippen LogP contribution >= 0.6 is 11.8 Å². The molecule has 1 N–H and O–H groups in total. The van der Waals surface area contributed by atoms with Crippen LogP contribution in [-0.4, -0.2) is 25.5 Å². The van der Waals surface area contributed by atoms with E-state index in [2.05, 4.69) is 15.1 Å². The Bertz CT molecular complexity index is 749. The van der Waals surface area contributed by atoms with Crippen LogP contribution in [-0.2, 0) is 7.05 Å². The molecule has 0 spiro atoms. The van der Waals surface area contributed by atoms with Crippen molar-refractivity contribution in [2.45, 2.75) is 23.4 Å². The first-order valence-corrected chi connectivity index (χ1v) is 6.67. The summed E-state index contributed by atoms with van der Waals surface area (Å²) < 4.78 is 1.36. The summed E-state index contributed by atoms with van der Waals surface area (Å²) in [4.78, 5) is 42.2. The summed E-state index contributed by atoms with van der Waals surface area (Å²) >= 11 is 1.17. The van der Waals surface area contributed by atoms with Crippen molar-refractivity contribution in [3.63, 3.8) is 0 Å². The molecule has 0 aromatic carbocycles. The lowest BCUT2D eigenvalue weighted by Crippen LogP contribution is -2.33. The van der Waals surface area contributed by atoms with Crippen LogP contribution in [0, 0.1) is 0 Å². The van der Waals surface area contributed by atoms with Gasteiger partial charge in [-0.05, 0) is 23.9 Å². The maximum Gasteiger partial charge on any atom is 0.339 e. The first kappa shape index (κ1) is 14.2. The van der Waals surface area contributed by atoms with Gasteiger partial charge < -0.3 is 0 Å². The number of aromatic amines is 1. The highest BCUT2D eigenvalue weighted by Gasteiger charge is 2.08. The minimum absolute atomic E-state index is 0.0314. The molecule has 0 radical (unpaired) electrons. The number of rotatable bonds is 4. The molecule has 0 aliphatic heterocycles. The Balaban J connectivity index is 2.27. The summed E-state index contributed by atoms with van der Waals surface area (Å²) in [6, 6.07) is 3.34. The number of Topliss-reactive ketones (excluding diaryl/α,β-unsaturated/α-hetero) is 1. The zero-order valence-electron chi connectivity index (χ0n) is 10.9. The largest absolute Gasteiger partial charge is 0.339 e. The summed E-state index contributed by atoms with van der Waals surface area (Å²) in [5.74, 6) is -0.0314. The minimum Gasteiger partial charge on any atom is -0.292 e. The predicted octanol–water partition coefficient (Wildman–Crippen LogP) is 0.607. The summed E-state index contributed by atoms with van der Waals surface area (Å²) in [5, 5.41) is 2.70. The van der Waals surface area contributed by atoms with Gasteiger partial charge in [0.05, 0.1) is 0 Å². The van der Waals surface area contributed by atoms with Gasteiger partial charge in [-0.1, -0.05) is 6.92 Å². The van der Waals surface area contributed by atoms with E-state index in [4.69, 9.17) is 0 Å². The number of nitrogens with one attached hydrogen (secondary N) is 1. The highest BCUT2D eigenvalue weighted by Crippen LogP contribution is 2.23. The number of nitrogens with zero attached hydrogens (tertiary/aromatic N) is 3. The molecule has 0 atom stereocenters. The normalized spacial score (nSPS) is 10.5. The lowest BCUT2D eigenvalue weighted by Gasteiger charge is -2.05. The summed E-state index contributed by atoms with van der Waals surface area (Å²) in [5.41, 5.74) is -1.20. The average molecular weight is 292 g/mol. The summed E-state index contributed by atoms with van der Waals surface area (Å²) in [6.07, 6.45) is 1.93. The van der Waals surface area contributed by atoms with Gasteiger partial charge in [-0.25, -0.2) is 0 Å². The Morgan fingerprint density at radius 3 is 2.75 bits per heavy atom. The second kappa shape index (κ2) is 5.83. The van der Waals surface area contributed by atoms with Gasteiger partial charge in [-0.2, -0.15) is 4.98 Å². The average Bonchev–Trinajstić information content (AvgIpc) is 2.44. The molecule has 0 unspecified atom stereocenters. The Morgan fingerprint density at radius 1 is 1.40 bits per heavy atom. The zero-order chi connectivity index (χ0) is 14.7. The first-order chi connectivity index (χ1) is 9.51. The van der Waals surface area contributed by atoms with Crippen LogP contribution in [0.25, 0.3) is 0 Å². The van der Waals surface area contributed by atoms with Crippen molar-refractivity contribution in [1.29, 1.82) is 0 Å². The molecule has 0 aliphatic carbocycles. The number of carbonyl (C=O) groups is 1. The van der Waals surface area contributed by atoms with Gasteiger partial charge in [-0.15, -0.1) is 0 Å². The number of hydrogen-bond acceptors (Lipinski definition) is 6. The van der Waals surface area contributed by atoms with Crippen molar-refractivity contribution in [2.24, 2.45) is 7.05 Å². The molecule has 104 valence electrons. The van der Waals surface area contributed by atoms with Crippen molar-refractivity contribution in [2.75, 3.05) is 0 Å². The van der Waals surface area contributed by atoms with Gasteiger partial charge in [0.15, 0.2) is 10.9 Å². The molecule has 2 aromatic heterocycles. The van der Waals surface area contributed by atoms with E-state index in [1.54, 1.807) is 26.1 Å². The van der Waals surface area contributed by atoms with E-state index in [0.717, 1.165) is 0 Å². The Morgan fingerprint density at radius 2 is 2.15 bits per heavy atom. The minimum atomic E-state index is -0.837. The lowest BCUT2D eigenvalue weighted by molar-refractivity contribution is 0.0983. The van der Waals surface area contributed by atoms with Crippen molar-refractivity contribution < 1.29 is 4.79 Å². The highest BCUT2D eigenvalue weighted by atomic mass is 32.2. The molecule has 0 fully saturated rings. The molecule has 2 heterocycles. The van der Waals surface area contributed by atoms with Crippen LogP contribution in [0.5, 0.6) is 0 Å². The Labute approximate surface area is 118 Å². The Kier molecular flexibility index (Phi) is 4.14. The predicted molar refractivity (Wildman–Crippen MR) is 73.1 cm³/mol. The second-order valence-electron chi connectivity index (χ2n) is 3.96. The maximum absolute atomic E-state index is 11.5. The molecule has 7 nitrogen and oxygen atoms in total. The van der Waals surface area contributed by atoms with E-state index in [9.17, 15) is 14.4 Å². The van der Waals surface area contributed by atoms with E-state index in [1.807, 2.05) is 0 Å². The van der Waals surface area contributed by atoms with Crippen molar-refractivity contribution in [3.8, 4) is 0 Å². The van der Waals surface area contributed by atoms with Gasteiger partial charge in [0, 0.05) is 24.6 Å². The van der Waals surface area contributed by atoms with E-state index in [-0.39, 0.29) is 5.78 Å². The van der Waals surface area contributed by atoms with Crippen LogP contribution in [0.3, 0.4) is 0 Å². The molecule has 0 saturated carbocycles. The molecule has 0 aliphatic rings. The summed E-state index contributed by atoms with van der Waals surface area (Å²) in [6.45, 7) is 1.77. The smallest absolute Gasteiger partial charge is 0.292 e. The molecule has 20 heavy (non-hydrogen) atoms. The standard InChI is InChI=1S/C12H12N4O3S/c1-3-9(17)8-5-4-7(6-13-8)20-12-14-10(18)11(19)15-16(12)2/h4-6H,3H2,1-2H3,(H,15,19). The number of aromatic nitrogens is 4. The number of carbonyl (C=O) groups excluding carboxylic acids is 1. The molecule has 2 aromatic rings. The number of ketones is 1. The molecule has 0 amide bonds.